The molecule has 12 heteroatoms. The van der Waals surface area contributed by atoms with Crippen LogP contribution in [0.15, 0.2) is 0 Å². The molecule has 34 heavy (non-hydrogen) atoms. The third-order valence-electron chi connectivity index (χ3n) is 7.74. The van der Waals surface area contributed by atoms with Gasteiger partial charge in [0.05, 0.1) is 5.92 Å². The van der Waals surface area contributed by atoms with E-state index in [1.54, 1.807) is 13.8 Å². The molecule has 1 saturated carbocycles. The monoisotopic (exact) mass is 489 g/mol. The molecule has 0 radical (unpaired) electrons. The largest absolute Gasteiger partial charge is 0.471 e. The maximum Gasteiger partial charge on any atom is 0.471 e. The van der Waals surface area contributed by atoms with E-state index in [0.29, 0.717) is 19.4 Å². The van der Waals surface area contributed by atoms with Crippen LogP contribution in [0.25, 0.3) is 0 Å². The number of likely N-dealkylation sites (tertiary alicyclic amines) is 1. The van der Waals surface area contributed by atoms with Gasteiger partial charge in [-0.1, -0.05) is 34.1 Å². The molecule has 4 amide bonds. The van der Waals surface area contributed by atoms with E-state index in [1.807, 2.05) is 19.2 Å². The van der Waals surface area contributed by atoms with Crippen molar-refractivity contribution in [3.8, 4) is 0 Å². The minimum absolute atomic E-state index is 0.0345. The normalized spacial score (nSPS) is 29.5. The summed E-state index contributed by atoms with van der Waals surface area (Å²) in [5.74, 6) is -4.40. The van der Waals surface area contributed by atoms with Crippen molar-refractivity contribution in [2.45, 2.75) is 65.2 Å². The Kier molecular flexibility index (Phi) is 7.49. The number of amides is 4. The summed E-state index contributed by atoms with van der Waals surface area (Å²) in [5.41, 5.74) is 5.18. The van der Waals surface area contributed by atoms with Crippen molar-refractivity contribution < 1.29 is 32.3 Å². The van der Waals surface area contributed by atoms with Crippen LogP contribution in [-0.2, 0) is 19.2 Å². The van der Waals surface area contributed by atoms with Crippen molar-refractivity contribution in [3.05, 3.63) is 0 Å². The highest BCUT2D eigenvalue weighted by Crippen LogP contribution is 2.64. The molecule has 2 aliphatic heterocycles. The number of hydrazine groups is 1. The molecule has 0 spiro atoms. The standard InChI is InChI=1S/C22H34F3N5O4/c1-5-11(2)15(28-20(34)22(23,24)25)19(33)30-10-13-14(21(13,3)4)16(30)18(32)29-27-9-12-7-6-8-26-17(12)31/h11-16,27H,5-10H2,1-4H3,(H,26,31)(H,28,34)(H,29,32)/t11?,12-,13-,14-,15?,16-/m0/s1. The lowest BCUT2D eigenvalue weighted by molar-refractivity contribution is -0.175. The predicted molar refractivity (Wildman–Crippen MR) is 116 cm³/mol. The summed E-state index contributed by atoms with van der Waals surface area (Å²) in [6.45, 7) is 8.36. The van der Waals surface area contributed by atoms with Gasteiger partial charge in [0.25, 0.3) is 5.91 Å². The molecule has 0 aromatic heterocycles. The van der Waals surface area contributed by atoms with E-state index in [-0.39, 0.29) is 42.2 Å². The fraction of sp³-hybridized carbons (Fsp3) is 0.818. The van der Waals surface area contributed by atoms with E-state index >= 15 is 0 Å². The Hall–Kier alpha value is -2.37. The molecule has 6 atom stereocenters. The summed E-state index contributed by atoms with van der Waals surface area (Å²) in [4.78, 5) is 51.3. The second-order valence-electron chi connectivity index (χ2n) is 10.2. The molecule has 3 fully saturated rings. The molecule has 0 aromatic carbocycles. The van der Waals surface area contributed by atoms with E-state index < -0.39 is 41.9 Å². The predicted octanol–water partition coefficient (Wildman–Crippen LogP) is 0.710. The Labute approximate surface area is 196 Å². The van der Waals surface area contributed by atoms with Gasteiger partial charge in [-0.25, -0.2) is 5.43 Å². The molecule has 3 aliphatic rings. The van der Waals surface area contributed by atoms with Crippen LogP contribution in [0.4, 0.5) is 13.2 Å². The zero-order valence-electron chi connectivity index (χ0n) is 19.9. The van der Waals surface area contributed by atoms with Gasteiger partial charge >= 0.3 is 12.1 Å². The van der Waals surface area contributed by atoms with Crippen molar-refractivity contribution in [2.75, 3.05) is 19.6 Å². The first kappa shape index (κ1) is 26.2. The highest BCUT2D eigenvalue weighted by molar-refractivity contribution is 5.94. The maximum absolute atomic E-state index is 13.4. The Morgan fingerprint density at radius 3 is 2.53 bits per heavy atom. The molecule has 3 rings (SSSR count). The Bertz CT molecular complexity index is 834. The number of carbonyl (C=O) groups excluding carboxylic acids is 4. The minimum atomic E-state index is -5.12. The van der Waals surface area contributed by atoms with Gasteiger partial charge in [0.15, 0.2) is 0 Å². The van der Waals surface area contributed by atoms with E-state index in [9.17, 15) is 32.3 Å². The minimum Gasteiger partial charge on any atom is -0.356 e. The van der Waals surface area contributed by atoms with Crippen LogP contribution in [0.5, 0.6) is 0 Å². The second-order valence-corrected chi connectivity index (χ2v) is 10.2. The lowest BCUT2D eigenvalue weighted by Gasteiger charge is -2.35. The molecular weight excluding hydrogens is 455 g/mol. The number of alkyl halides is 3. The maximum atomic E-state index is 13.4. The third-order valence-corrected chi connectivity index (χ3v) is 7.74. The lowest BCUT2D eigenvalue weighted by atomic mass is 9.95. The first-order chi connectivity index (χ1) is 15.8. The fourth-order valence-corrected chi connectivity index (χ4v) is 5.26. The van der Waals surface area contributed by atoms with Crippen molar-refractivity contribution in [3.63, 3.8) is 0 Å². The Morgan fingerprint density at radius 2 is 1.94 bits per heavy atom. The number of hydrogen-bond acceptors (Lipinski definition) is 5. The first-order valence-electron chi connectivity index (χ1n) is 11.8. The van der Waals surface area contributed by atoms with Crippen LogP contribution in [0, 0.1) is 29.1 Å². The Morgan fingerprint density at radius 1 is 1.26 bits per heavy atom. The molecule has 192 valence electrons. The lowest BCUT2D eigenvalue weighted by Crippen LogP contribution is -2.60. The molecule has 0 bridgehead atoms. The summed E-state index contributed by atoms with van der Waals surface area (Å²) >= 11 is 0. The van der Waals surface area contributed by atoms with E-state index in [1.165, 1.54) is 4.90 Å². The van der Waals surface area contributed by atoms with E-state index in [0.717, 1.165) is 6.42 Å². The van der Waals surface area contributed by atoms with Crippen LogP contribution in [-0.4, -0.2) is 66.4 Å². The number of nitrogens with zero attached hydrogens (tertiary/aromatic N) is 1. The van der Waals surface area contributed by atoms with Crippen LogP contribution in [0.2, 0.25) is 0 Å². The number of nitrogens with one attached hydrogen (secondary N) is 4. The van der Waals surface area contributed by atoms with Crippen molar-refractivity contribution in [1.82, 2.24) is 26.4 Å². The topological polar surface area (TPSA) is 120 Å². The zero-order valence-corrected chi connectivity index (χ0v) is 19.9. The van der Waals surface area contributed by atoms with Gasteiger partial charge in [-0.3, -0.25) is 24.6 Å². The second kappa shape index (κ2) is 9.71. The number of fused-ring (bicyclic) bond motifs is 1. The number of carbonyl (C=O) groups is 4. The van der Waals surface area contributed by atoms with Crippen LogP contribution < -0.4 is 21.5 Å². The molecule has 2 unspecified atom stereocenters. The van der Waals surface area contributed by atoms with Gasteiger partial charge in [-0.05, 0) is 36.0 Å². The summed E-state index contributed by atoms with van der Waals surface area (Å²) in [6.07, 6.45) is -3.22. The SMILES string of the molecule is CCC(C)C(NC(=O)C(F)(F)F)C(=O)N1C[C@H]2[C@@H]([C@H]1C(=O)NNC[C@@H]1CCCNC1=O)C2(C)C. The quantitative estimate of drug-likeness (QED) is 0.375. The number of rotatable bonds is 8. The summed E-state index contributed by atoms with van der Waals surface area (Å²) < 4.78 is 38.6. The molecule has 9 nitrogen and oxygen atoms in total. The van der Waals surface area contributed by atoms with Gasteiger partial charge in [0.1, 0.15) is 12.1 Å². The zero-order chi connectivity index (χ0) is 25.4. The average molecular weight is 490 g/mol. The summed E-state index contributed by atoms with van der Waals surface area (Å²) in [6, 6.07) is -2.27. The molecule has 0 aromatic rings. The Balaban J connectivity index is 1.71. The van der Waals surface area contributed by atoms with Gasteiger partial charge < -0.3 is 15.5 Å². The van der Waals surface area contributed by atoms with Crippen LogP contribution in [0.3, 0.4) is 0 Å². The van der Waals surface area contributed by atoms with Gasteiger partial charge in [0, 0.05) is 19.6 Å². The fourth-order valence-electron chi connectivity index (χ4n) is 5.26. The smallest absolute Gasteiger partial charge is 0.356 e. The third kappa shape index (κ3) is 5.16. The highest BCUT2D eigenvalue weighted by atomic mass is 19.4. The summed E-state index contributed by atoms with van der Waals surface area (Å²) in [7, 11) is 0. The number of hydrogen-bond donors (Lipinski definition) is 4. The van der Waals surface area contributed by atoms with Crippen molar-refractivity contribution in [1.29, 1.82) is 0 Å². The van der Waals surface area contributed by atoms with Crippen LogP contribution >= 0.6 is 0 Å². The molecule has 4 N–H and O–H groups in total. The number of piperidine rings is 2. The first-order valence-corrected chi connectivity index (χ1v) is 11.8. The van der Waals surface area contributed by atoms with Gasteiger partial charge in [-0.15, -0.1) is 0 Å². The molecule has 2 saturated heterocycles. The van der Waals surface area contributed by atoms with E-state index in [2.05, 4.69) is 16.2 Å². The molecule has 1 aliphatic carbocycles. The van der Waals surface area contributed by atoms with Crippen molar-refractivity contribution in [2.24, 2.45) is 29.1 Å². The van der Waals surface area contributed by atoms with Gasteiger partial charge in [-0.2, -0.15) is 13.2 Å². The van der Waals surface area contributed by atoms with Crippen molar-refractivity contribution >= 4 is 23.6 Å². The summed E-state index contributed by atoms with van der Waals surface area (Å²) in [5, 5.41) is 4.61. The highest BCUT2D eigenvalue weighted by Gasteiger charge is 2.69. The van der Waals surface area contributed by atoms with Gasteiger partial charge in [0.2, 0.25) is 11.8 Å². The number of halogens is 3. The average Bonchev–Trinajstić information content (AvgIpc) is 3.11. The molecular formula is C22H34F3N5O4. The van der Waals surface area contributed by atoms with Crippen LogP contribution in [0.1, 0.15) is 47.0 Å². The molecule has 2 heterocycles. The van der Waals surface area contributed by atoms with E-state index in [4.69, 9.17) is 0 Å².